The normalized spacial score (nSPS) is 11.6. The minimum atomic E-state index is -0.791. The number of pyridine rings is 2. The van der Waals surface area contributed by atoms with Gasteiger partial charge in [-0.1, -0.05) is 0 Å². The second kappa shape index (κ2) is 9.15. The number of fused-ring (bicyclic) bond motifs is 1. The molecule has 0 radical (unpaired) electrons. The van der Waals surface area contributed by atoms with Gasteiger partial charge >= 0.3 is 0 Å². The molecule has 9 heteroatoms. The molecule has 4 aromatic rings. The molecule has 0 aliphatic carbocycles. The molecule has 33 heavy (non-hydrogen) atoms. The third kappa shape index (κ3) is 4.57. The predicted octanol–water partition coefficient (Wildman–Crippen LogP) is 4.56. The Morgan fingerprint density at radius 2 is 1.79 bits per heavy atom. The summed E-state index contributed by atoms with van der Waals surface area (Å²) in [6.45, 7) is -0.223. The number of hydrogen-bond acceptors (Lipinski definition) is 5. The molecule has 0 saturated carbocycles. The predicted molar refractivity (Wildman–Crippen MR) is 118 cm³/mol. The molecule has 1 N–H and O–H groups in total. The van der Waals surface area contributed by atoms with E-state index in [0.29, 0.717) is 22.4 Å². The van der Waals surface area contributed by atoms with E-state index in [2.05, 4.69) is 9.98 Å². The average molecular weight is 452 g/mol. The SMILES string of the molecule is CN=c1c(F)cc(-c2cc(F)cc(F)c2)cn1C(=N)COc1ccnc2cc(OC)ccc12. The van der Waals surface area contributed by atoms with Gasteiger partial charge in [-0.25, -0.2) is 13.2 Å². The zero-order valence-electron chi connectivity index (χ0n) is 17.8. The smallest absolute Gasteiger partial charge is 0.169 e. The van der Waals surface area contributed by atoms with Gasteiger partial charge in [0.2, 0.25) is 0 Å². The standard InChI is InChI=1S/C24H19F3N4O2/c1-29-24-20(27)9-15(14-7-16(25)10-17(26)8-14)12-31(24)23(28)13-33-22-5-6-30-21-11-18(32-2)3-4-19(21)22/h3-12,28H,13H2,1-2H3. The van der Waals surface area contributed by atoms with Crippen molar-refractivity contribution in [2.75, 3.05) is 20.8 Å². The molecule has 4 rings (SSSR count). The summed E-state index contributed by atoms with van der Waals surface area (Å²) in [5.41, 5.74) is 0.847. The molecule has 6 nitrogen and oxygen atoms in total. The lowest BCUT2D eigenvalue weighted by atomic mass is 10.1. The Balaban J connectivity index is 1.67. The first-order valence-corrected chi connectivity index (χ1v) is 9.84. The molecule has 2 heterocycles. The Kier molecular flexibility index (Phi) is 6.12. The molecule has 0 fully saturated rings. The number of halogens is 3. The zero-order valence-corrected chi connectivity index (χ0v) is 17.8. The summed E-state index contributed by atoms with van der Waals surface area (Å²) in [6.07, 6.45) is 2.96. The van der Waals surface area contributed by atoms with E-state index < -0.39 is 17.5 Å². The van der Waals surface area contributed by atoms with Crippen LogP contribution in [0.4, 0.5) is 13.2 Å². The van der Waals surface area contributed by atoms with E-state index in [1.54, 1.807) is 37.6 Å². The maximum absolute atomic E-state index is 14.7. The van der Waals surface area contributed by atoms with Crippen LogP contribution < -0.4 is 15.0 Å². The van der Waals surface area contributed by atoms with E-state index in [1.807, 2.05) is 0 Å². The Labute approximate surface area is 187 Å². The highest BCUT2D eigenvalue weighted by Crippen LogP contribution is 2.27. The van der Waals surface area contributed by atoms with Gasteiger partial charge in [-0.15, -0.1) is 0 Å². The molecule has 0 spiro atoms. The summed E-state index contributed by atoms with van der Waals surface area (Å²) in [5.74, 6) is -1.34. The highest BCUT2D eigenvalue weighted by Gasteiger charge is 2.13. The summed E-state index contributed by atoms with van der Waals surface area (Å²) in [6, 6.07) is 11.0. The van der Waals surface area contributed by atoms with Crippen molar-refractivity contribution >= 4 is 16.7 Å². The summed E-state index contributed by atoms with van der Waals surface area (Å²) < 4.78 is 54.3. The lowest BCUT2D eigenvalue weighted by molar-refractivity contribution is 0.375. The Morgan fingerprint density at radius 1 is 1.03 bits per heavy atom. The number of rotatable bonds is 5. The first-order chi connectivity index (χ1) is 15.9. The van der Waals surface area contributed by atoms with Crippen molar-refractivity contribution < 1.29 is 22.6 Å². The summed E-state index contributed by atoms with van der Waals surface area (Å²) in [5, 5.41) is 9.18. The van der Waals surface area contributed by atoms with Gasteiger partial charge in [0.05, 0.1) is 12.6 Å². The van der Waals surface area contributed by atoms with E-state index in [0.717, 1.165) is 24.3 Å². The summed E-state index contributed by atoms with van der Waals surface area (Å²) in [4.78, 5) is 8.19. The van der Waals surface area contributed by atoms with Crippen LogP contribution in [0.3, 0.4) is 0 Å². The molecule has 168 valence electrons. The number of nitrogens with one attached hydrogen (secondary N) is 1. The van der Waals surface area contributed by atoms with Gasteiger partial charge in [-0.05, 0) is 42.0 Å². The van der Waals surface area contributed by atoms with Crippen molar-refractivity contribution in [3.8, 4) is 22.6 Å². The molecule has 0 aliphatic heterocycles. The summed E-state index contributed by atoms with van der Waals surface area (Å²) >= 11 is 0. The molecule has 0 amide bonds. The van der Waals surface area contributed by atoms with E-state index >= 15 is 0 Å². The zero-order chi connectivity index (χ0) is 23.5. The van der Waals surface area contributed by atoms with Gasteiger partial charge in [0.1, 0.15) is 35.6 Å². The second-order valence-electron chi connectivity index (χ2n) is 7.08. The van der Waals surface area contributed by atoms with Crippen LogP contribution >= 0.6 is 0 Å². The van der Waals surface area contributed by atoms with Gasteiger partial charge in [-0.3, -0.25) is 20.0 Å². The number of methoxy groups -OCH3 is 1. The maximum Gasteiger partial charge on any atom is 0.169 e. The Morgan fingerprint density at radius 3 is 2.48 bits per heavy atom. The van der Waals surface area contributed by atoms with Crippen LogP contribution in [0.2, 0.25) is 0 Å². The minimum Gasteiger partial charge on any atom is -0.497 e. The van der Waals surface area contributed by atoms with Crippen molar-refractivity contribution in [3.63, 3.8) is 0 Å². The van der Waals surface area contributed by atoms with Crippen LogP contribution in [0.5, 0.6) is 11.5 Å². The first kappa shape index (κ1) is 22.1. The first-order valence-electron chi connectivity index (χ1n) is 9.84. The Bertz CT molecular complexity index is 1410. The van der Waals surface area contributed by atoms with Gasteiger partial charge in [0, 0.05) is 42.5 Å². The molecule has 0 atom stereocenters. The lowest BCUT2D eigenvalue weighted by Crippen LogP contribution is -2.33. The molecule has 0 unspecified atom stereocenters. The van der Waals surface area contributed by atoms with Gasteiger partial charge in [-0.2, -0.15) is 0 Å². The van der Waals surface area contributed by atoms with Crippen molar-refractivity contribution in [1.82, 2.24) is 9.55 Å². The molecule has 0 saturated heterocycles. The monoisotopic (exact) mass is 452 g/mol. The van der Waals surface area contributed by atoms with Crippen molar-refractivity contribution in [2.24, 2.45) is 4.99 Å². The van der Waals surface area contributed by atoms with Crippen LogP contribution in [0.25, 0.3) is 22.0 Å². The van der Waals surface area contributed by atoms with Crippen molar-refractivity contribution in [2.45, 2.75) is 0 Å². The van der Waals surface area contributed by atoms with Gasteiger partial charge < -0.3 is 9.47 Å². The van der Waals surface area contributed by atoms with E-state index in [1.165, 1.54) is 17.8 Å². The average Bonchev–Trinajstić information content (AvgIpc) is 2.80. The van der Waals surface area contributed by atoms with Crippen molar-refractivity contribution in [1.29, 1.82) is 5.41 Å². The van der Waals surface area contributed by atoms with Crippen LogP contribution in [0.15, 0.2) is 65.9 Å². The van der Waals surface area contributed by atoms with Crippen LogP contribution in [-0.2, 0) is 0 Å². The van der Waals surface area contributed by atoms with Crippen LogP contribution in [-0.4, -0.2) is 36.2 Å². The lowest BCUT2D eigenvalue weighted by Gasteiger charge is -2.14. The molecule has 0 bridgehead atoms. The largest absolute Gasteiger partial charge is 0.497 e. The van der Waals surface area contributed by atoms with Crippen molar-refractivity contribution in [3.05, 3.63) is 83.9 Å². The third-order valence-electron chi connectivity index (χ3n) is 4.96. The van der Waals surface area contributed by atoms with Crippen LogP contribution in [0.1, 0.15) is 0 Å². The fourth-order valence-electron chi connectivity index (χ4n) is 3.42. The fraction of sp³-hybridized carbons (Fsp3) is 0.125. The maximum atomic E-state index is 14.7. The van der Waals surface area contributed by atoms with E-state index in [-0.39, 0.29) is 29.1 Å². The summed E-state index contributed by atoms with van der Waals surface area (Å²) in [7, 11) is 2.94. The molecule has 2 aromatic carbocycles. The second-order valence-corrected chi connectivity index (χ2v) is 7.08. The number of aromatic nitrogens is 2. The quantitative estimate of drug-likeness (QED) is 0.356. The molecule has 0 aliphatic rings. The minimum absolute atomic E-state index is 0.117. The third-order valence-corrected chi connectivity index (χ3v) is 4.96. The van der Waals surface area contributed by atoms with Gasteiger partial charge in [0.15, 0.2) is 11.3 Å². The van der Waals surface area contributed by atoms with Gasteiger partial charge in [0.25, 0.3) is 0 Å². The molecule has 2 aromatic heterocycles. The number of benzene rings is 2. The number of ether oxygens (including phenoxy) is 2. The molecular formula is C24H19F3N4O2. The van der Waals surface area contributed by atoms with Crippen LogP contribution in [0, 0.1) is 22.9 Å². The topological polar surface area (TPSA) is 72.5 Å². The number of hydrogen-bond donors (Lipinski definition) is 1. The fourth-order valence-corrected chi connectivity index (χ4v) is 3.42. The van der Waals surface area contributed by atoms with E-state index in [4.69, 9.17) is 14.9 Å². The highest BCUT2D eigenvalue weighted by atomic mass is 19.1. The number of nitrogens with zero attached hydrogens (tertiary/aromatic N) is 3. The Hall–Kier alpha value is -4.14. The highest BCUT2D eigenvalue weighted by molar-refractivity contribution is 5.87. The molecular weight excluding hydrogens is 433 g/mol. The van der Waals surface area contributed by atoms with E-state index in [9.17, 15) is 13.2 Å².